The molecule has 4 nitrogen and oxygen atoms in total. The van der Waals surface area contributed by atoms with Crippen LogP contribution in [0.25, 0.3) is 0 Å². The fraction of sp³-hybridized carbons (Fsp3) is 0.467. The van der Waals surface area contributed by atoms with E-state index in [1.54, 1.807) is 13.8 Å². The molecule has 1 aromatic rings. The van der Waals surface area contributed by atoms with Crippen LogP contribution in [0.5, 0.6) is 0 Å². The lowest BCUT2D eigenvalue weighted by Gasteiger charge is -2.16. The Bertz CT molecular complexity index is 454. The highest BCUT2D eigenvalue weighted by Crippen LogP contribution is 2.11. The number of hydrogen-bond donors (Lipinski definition) is 2. The summed E-state index contributed by atoms with van der Waals surface area (Å²) in [7, 11) is 0. The zero-order chi connectivity index (χ0) is 14.4. The van der Waals surface area contributed by atoms with Crippen LogP contribution in [0.15, 0.2) is 24.3 Å². The number of aryl methyl sites for hydroxylation is 1. The second kappa shape index (κ2) is 6.92. The Morgan fingerprint density at radius 2 is 1.89 bits per heavy atom. The Kier molecular flexibility index (Phi) is 5.55. The normalized spacial score (nSPS) is 12.2. The number of amides is 1. The molecule has 0 aliphatic heterocycles. The second-order valence-electron chi connectivity index (χ2n) is 5.03. The topological polar surface area (TPSA) is 66.4 Å². The lowest BCUT2D eigenvalue weighted by molar-refractivity contribution is -0.148. The molecule has 1 unspecified atom stereocenters. The number of aliphatic carboxylic acids is 1. The third-order valence-corrected chi connectivity index (χ3v) is 3.17. The molecule has 0 saturated heterocycles. The van der Waals surface area contributed by atoms with Crippen molar-refractivity contribution in [2.45, 2.75) is 27.2 Å². The van der Waals surface area contributed by atoms with Crippen molar-refractivity contribution >= 4 is 11.9 Å². The molecule has 1 rings (SSSR count). The standard InChI is InChI=1S/C15H21NO3/c1-10(2)13(15(18)19)14(17)16-9-8-12-7-5-4-6-11(12)3/h4-7,10,13H,8-9H2,1-3H3,(H,16,17)(H,18,19). The molecule has 0 saturated carbocycles. The molecule has 19 heavy (non-hydrogen) atoms. The Hall–Kier alpha value is -1.84. The molecular weight excluding hydrogens is 242 g/mol. The molecule has 0 aliphatic rings. The monoisotopic (exact) mass is 263 g/mol. The van der Waals surface area contributed by atoms with Gasteiger partial charge in [-0.05, 0) is 30.4 Å². The maximum atomic E-state index is 11.8. The van der Waals surface area contributed by atoms with E-state index >= 15 is 0 Å². The molecule has 4 heteroatoms. The van der Waals surface area contributed by atoms with Crippen molar-refractivity contribution in [3.05, 3.63) is 35.4 Å². The Morgan fingerprint density at radius 3 is 2.42 bits per heavy atom. The summed E-state index contributed by atoms with van der Waals surface area (Å²) in [5.41, 5.74) is 2.34. The van der Waals surface area contributed by atoms with Gasteiger partial charge in [-0.1, -0.05) is 38.1 Å². The van der Waals surface area contributed by atoms with E-state index in [-0.39, 0.29) is 5.92 Å². The molecule has 2 N–H and O–H groups in total. The van der Waals surface area contributed by atoms with Crippen molar-refractivity contribution in [3.63, 3.8) is 0 Å². The van der Waals surface area contributed by atoms with Crippen LogP contribution in [-0.2, 0) is 16.0 Å². The summed E-state index contributed by atoms with van der Waals surface area (Å²) < 4.78 is 0. The molecule has 104 valence electrons. The van der Waals surface area contributed by atoms with E-state index in [2.05, 4.69) is 5.32 Å². The van der Waals surface area contributed by atoms with E-state index in [4.69, 9.17) is 5.11 Å². The van der Waals surface area contributed by atoms with Gasteiger partial charge in [0.2, 0.25) is 5.91 Å². The van der Waals surface area contributed by atoms with Gasteiger partial charge in [0.15, 0.2) is 0 Å². The summed E-state index contributed by atoms with van der Waals surface area (Å²) in [6, 6.07) is 7.96. The lowest BCUT2D eigenvalue weighted by Crippen LogP contribution is -2.39. The highest BCUT2D eigenvalue weighted by Gasteiger charge is 2.28. The van der Waals surface area contributed by atoms with Gasteiger partial charge in [0.05, 0.1) is 0 Å². The molecule has 0 bridgehead atoms. The largest absolute Gasteiger partial charge is 0.481 e. The van der Waals surface area contributed by atoms with E-state index in [0.29, 0.717) is 13.0 Å². The number of nitrogens with one attached hydrogen (secondary N) is 1. The van der Waals surface area contributed by atoms with Crippen molar-refractivity contribution in [3.8, 4) is 0 Å². The van der Waals surface area contributed by atoms with Crippen LogP contribution in [0.3, 0.4) is 0 Å². The predicted octanol–water partition coefficient (Wildman–Crippen LogP) is 2.01. The van der Waals surface area contributed by atoms with Gasteiger partial charge in [0.1, 0.15) is 5.92 Å². The number of hydrogen-bond acceptors (Lipinski definition) is 2. The summed E-state index contributed by atoms with van der Waals surface area (Å²) >= 11 is 0. The van der Waals surface area contributed by atoms with E-state index in [0.717, 1.165) is 0 Å². The minimum atomic E-state index is -1.07. The molecule has 1 atom stereocenters. The first-order chi connectivity index (χ1) is 8.93. The zero-order valence-corrected chi connectivity index (χ0v) is 11.6. The highest BCUT2D eigenvalue weighted by atomic mass is 16.4. The third kappa shape index (κ3) is 4.39. The summed E-state index contributed by atoms with van der Waals surface area (Å²) in [4.78, 5) is 22.8. The Morgan fingerprint density at radius 1 is 1.26 bits per heavy atom. The fourth-order valence-electron chi connectivity index (χ4n) is 2.02. The van der Waals surface area contributed by atoms with Gasteiger partial charge in [-0.15, -0.1) is 0 Å². The van der Waals surface area contributed by atoms with Gasteiger partial charge >= 0.3 is 5.97 Å². The first-order valence-electron chi connectivity index (χ1n) is 6.48. The molecule has 0 fully saturated rings. The quantitative estimate of drug-likeness (QED) is 0.772. The van der Waals surface area contributed by atoms with Gasteiger partial charge < -0.3 is 10.4 Å². The molecule has 0 spiro atoms. The van der Waals surface area contributed by atoms with E-state index in [1.807, 2.05) is 31.2 Å². The van der Waals surface area contributed by atoms with Crippen LogP contribution in [0.4, 0.5) is 0 Å². The minimum Gasteiger partial charge on any atom is -0.481 e. The second-order valence-corrected chi connectivity index (χ2v) is 5.03. The number of benzene rings is 1. The number of carboxylic acid groups (broad SMARTS) is 1. The van der Waals surface area contributed by atoms with Gasteiger partial charge in [-0.3, -0.25) is 9.59 Å². The summed E-state index contributed by atoms with van der Waals surface area (Å²) in [5, 5.41) is 11.7. The van der Waals surface area contributed by atoms with Crippen molar-refractivity contribution in [2.24, 2.45) is 11.8 Å². The highest BCUT2D eigenvalue weighted by molar-refractivity contribution is 5.97. The lowest BCUT2D eigenvalue weighted by atomic mass is 9.95. The van der Waals surface area contributed by atoms with Crippen molar-refractivity contribution in [1.29, 1.82) is 0 Å². The van der Waals surface area contributed by atoms with Crippen molar-refractivity contribution in [1.82, 2.24) is 5.32 Å². The SMILES string of the molecule is Cc1ccccc1CCNC(=O)C(C(=O)O)C(C)C. The van der Waals surface area contributed by atoms with Crippen LogP contribution < -0.4 is 5.32 Å². The van der Waals surface area contributed by atoms with Gasteiger partial charge in [0.25, 0.3) is 0 Å². The summed E-state index contributed by atoms with van der Waals surface area (Å²) in [6.07, 6.45) is 0.711. The zero-order valence-electron chi connectivity index (χ0n) is 11.6. The average Bonchev–Trinajstić information content (AvgIpc) is 2.30. The third-order valence-electron chi connectivity index (χ3n) is 3.17. The molecule has 0 heterocycles. The maximum Gasteiger partial charge on any atom is 0.316 e. The predicted molar refractivity (Wildman–Crippen MR) is 73.9 cm³/mol. The maximum absolute atomic E-state index is 11.8. The van der Waals surface area contributed by atoms with E-state index < -0.39 is 17.8 Å². The molecule has 0 aliphatic carbocycles. The van der Waals surface area contributed by atoms with Crippen molar-refractivity contribution in [2.75, 3.05) is 6.54 Å². The van der Waals surface area contributed by atoms with E-state index in [9.17, 15) is 9.59 Å². The molecule has 0 aromatic heterocycles. The average molecular weight is 263 g/mol. The Balaban J connectivity index is 2.51. The number of carboxylic acids is 1. The van der Waals surface area contributed by atoms with Crippen LogP contribution in [-0.4, -0.2) is 23.5 Å². The van der Waals surface area contributed by atoms with Crippen LogP contribution in [0, 0.1) is 18.8 Å². The number of carbonyl (C=O) groups excluding carboxylic acids is 1. The first-order valence-corrected chi connectivity index (χ1v) is 6.48. The molecule has 1 amide bonds. The van der Waals surface area contributed by atoms with Crippen LogP contribution >= 0.6 is 0 Å². The molecular formula is C15H21NO3. The number of rotatable bonds is 6. The van der Waals surface area contributed by atoms with Crippen molar-refractivity contribution < 1.29 is 14.7 Å². The fourth-order valence-corrected chi connectivity index (χ4v) is 2.02. The van der Waals surface area contributed by atoms with E-state index in [1.165, 1.54) is 11.1 Å². The Labute approximate surface area is 113 Å². The molecule has 0 radical (unpaired) electrons. The van der Waals surface area contributed by atoms with Crippen LogP contribution in [0.2, 0.25) is 0 Å². The first kappa shape index (κ1) is 15.2. The smallest absolute Gasteiger partial charge is 0.316 e. The van der Waals surface area contributed by atoms with Gasteiger partial charge in [0, 0.05) is 6.54 Å². The minimum absolute atomic E-state index is 0.212. The summed E-state index contributed by atoms with van der Waals surface area (Å²) in [5.74, 6) is -2.66. The van der Waals surface area contributed by atoms with Gasteiger partial charge in [-0.25, -0.2) is 0 Å². The number of carbonyl (C=O) groups is 2. The van der Waals surface area contributed by atoms with Crippen LogP contribution in [0.1, 0.15) is 25.0 Å². The van der Waals surface area contributed by atoms with Gasteiger partial charge in [-0.2, -0.15) is 0 Å². The molecule has 1 aromatic carbocycles. The summed E-state index contributed by atoms with van der Waals surface area (Å²) in [6.45, 7) is 5.95.